The number of halogens is 4. The Morgan fingerprint density at radius 3 is 2.26 bits per heavy atom. The maximum Gasteiger partial charge on any atom is 0.433 e. The quantitative estimate of drug-likeness (QED) is 0.769. The van der Waals surface area contributed by atoms with Crippen LogP contribution in [0.4, 0.5) is 17.6 Å². The van der Waals surface area contributed by atoms with E-state index in [1.165, 1.54) is 0 Å². The summed E-state index contributed by atoms with van der Waals surface area (Å²) in [5.41, 5.74) is -3.54. The highest BCUT2D eigenvalue weighted by Crippen LogP contribution is 2.57. The molecule has 8 heteroatoms. The maximum atomic E-state index is 14.8. The average molecular weight is 387 g/mol. The Morgan fingerprint density at radius 1 is 1.19 bits per heavy atom. The zero-order valence-electron chi connectivity index (χ0n) is 15.7. The third kappa shape index (κ3) is 3.14. The molecule has 0 radical (unpaired) electrons. The fraction of sp³-hybridized carbons (Fsp3) is 0.789. The minimum atomic E-state index is -4.69. The predicted molar refractivity (Wildman–Crippen MR) is 90.9 cm³/mol. The van der Waals surface area contributed by atoms with Crippen molar-refractivity contribution in [2.45, 2.75) is 76.3 Å². The average Bonchev–Trinajstić information content (AvgIpc) is 2.94. The number of nitrogens with zero attached hydrogens (tertiary/aromatic N) is 2. The van der Waals surface area contributed by atoms with Crippen LogP contribution in [0.2, 0.25) is 0 Å². The molecule has 4 fully saturated rings. The van der Waals surface area contributed by atoms with Gasteiger partial charge < -0.3 is 5.32 Å². The number of aromatic nitrogens is 2. The van der Waals surface area contributed by atoms with E-state index in [2.05, 4.69) is 10.4 Å². The van der Waals surface area contributed by atoms with Gasteiger partial charge in [0.1, 0.15) is 5.67 Å². The molecule has 4 nitrogen and oxygen atoms in total. The van der Waals surface area contributed by atoms with Crippen molar-refractivity contribution >= 4 is 5.91 Å². The molecule has 1 aromatic rings. The second kappa shape index (κ2) is 5.70. The number of carbonyl (C=O) groups is 1. The van der Waals surface area contributed by atoms with Gasteiger partial charge in [-0.3, -0.25) is 9.48 Å². The van der Waals surface area contributed by atoms with E-state index in [9.17, 15) is 22.4 Å². The third-order valence-electron chi connectivity index (χ3n) is 6.41. The molecule has 0 aliphatic heterocycles. The van der Waals surface area contributed by atoms with Gasteiger partial charge in [0.2, 0.25) is 0 Å². The Bertz CT molecular complexity index is 748. The van der Waals surface area contributed by atoms with E-state index < -0.39 is 34.5 Å². The van der Waals surface area contributed by atoms with Crippen LogP contribution < -0.4 is 5.32 Å². The van der Waals surface area contributed by atoms with Crippen LogP contribution in [0.25, 0.3) is 0 Å². The van der Waals surface area contributed by atoms with Crippen molar-refractivity contribution in [2.75, 3.05) is 0 Å². The molecule has 27 heavy (non-hydrogen) atoms. The van der Waals surface area contributed by atoms with Gasteiger partial charge in [-0.1, -0.05) is 0 Å². The number of amides is 1. The largest absolute Gasteiger partial charge is 0.433 e. The molecule has 4 bridgehead atoms. The Hall–Kier alpha value is -1.60. The van der Waals surface area contributed by atoms with Crippen LogP contribution in [0.5, 0.6) is 0 Å². The molecule has 1 amide bonds. The molecule has 5 atom stereocenters. The molecule has 5 rings (SSSR count). The summed E-state index contributed by atoms with van der Waals surface area (Å²) in [6, 6.07) is -0.253. The highest BCUT2D eigenvalue weighted by atomic mass is 19.4. The summed E-state index contributed by atoms with van der Waals surface area (Å²) in [5.74, 6) is -0.396. The Balaban J connectivity index is 1.60. The Kier molecular flexibility index (Phi) is 3.96. The van der Waals surface area contributed by atoms with E-state index in [0.29, 0.717) is 25.2 Å². The van der Waals surface area contributed by atoms with E-state index in [1.807, 2.05) is 0 Å². The second-order valence-electron chi connectivity index (χ2n) is 9.61. The van der Waals surface area contributed by atoms with E-state index in [-0.39, 0.29) is 17.9 Å². The van der Waals surface area contributed by atoms with Crippen LogP contribution in [0.3, 0.4) is 0 Å². The number of hydrogen-bond acceptors (Lipinski definition) is 2. The molecular formula is C19H25F4N3O. The van der Waals surface area contributed by atoms with Gasteiger partial charge in [0.25, 0.3) is 5.91 Å². The first-order chi connectivity index (χ1) is 12.4. The van der Waals surface area contributed by atoms with Crippen LogP contribution in [0.1, 0.15) is 68.9 Å². The molecule has 1 aromatic heterocycles. The molecule has 1 N–H and O–H groups in total. The van der Waals surface area contributed by atoms with Gasteiger partial charge in [-0.05, 0) is 70.6 Å². The second-order valence-corrected chi connectivity index (χ2v) is 9.61. The fourth-order valence-corrected chi connectivity index (χ4v) is 5.69. The van der Waals surface area contributed by atoms with Crippen molar-refractivity contribution in [1.29, 1.82) is 0 Å². The van der Waals surface area contributed by atoms with Gasteiger partial charge in [-0.15, -0.1) is 0 Å². The van der Waals surface area contributed by atoms with Crippen LogP contribution in [-0.2, 0) is 11.7 Å². The number of carbonyl (C=O) groups excluding carboxylic acids is 1. The lowest BCUT2D eigenvalue weighted by atomic mass is 9.53. The number of alkyl halides is 4. The highest BCUT2D eigenvalue weighted by molar-refractivity contribution is 5.95. The summed E-state index contributed by atoms with van der Waals surface area (Å²) in [6.07, 6.45) is -0.603. The zero-order valence-corrected chi connectivity index (χ0v) is 15.7. The molecule has 0 spiro atoms. The molecule has 3 unspecified atom stereocenters. The van der Waals surface area contributed by atoms with Crippen molar-refractivity contribution in [2.24, 2.45) is 17.8 Å². The van der Waals surface area contributed by atoms with Crippen LogP contribution in [0.15, 0.2) is 6.20 Å². The van der Waals surface area contributed by atoms with E-state index >= 15 is 0 Å². The summed E-state index contributed by atoms with van der Waals surface area (Å²) >= 11 is 0. The summed E-state index contributed by atoms with van der Waals surface area (Å²) in [4.78, 5) is 12.8. The first kappa shape index (κ1) is 18.7. The van der Waals surface area contributed by atoms with Gasteiger partial charge >= 0.3 is 6.18 Å². The SMILES string of the molecule is CC(C)(C)n1ncc(C(=O)NC2[C@@H]3CC4C[C@H]2CC(F)(C4)C3)c1C(F)(F)F. The lowest BCUT2D eigenvalue weighted by Crippen LogP contribution is -2.60. The van der Waals surface area contributed by atoms with Gasteiger partial charge in [-0.25, -0.2) is 4.39 Å². The first-order valence-corrected chi connectivity index (χ1v) is 9.53. The molecule has 150 valence electrons. The van der Waals surface area contributed by atoms with Crippen molar-refractivity contribution in [3.8, 4) is 0 Å². The standard InChI is InChI=1S/C19H25F4N3O/c1-17(2,3)26-15(19(21,22)23)13(9-24-26)16(27)25-14-11-4-10-5-12(14)8-18(20,6-10)7-11/h9-12,14H,4-8H2,1-3H3,(H,25,27)/t10?,11-,12+,14?,18?. The van der Waals surface area contributed by atoms with E-state index in [0.717, 1.165) is 23.7 Å². The van der Waals surface area contributed by atoms with Crippen LogP contribution >= 0.6 is 0 Å². The maximum absolute atomic E-state index is 14.8. The minimum absolute atomic E-state index is 0.0113. The summed E-state index contributed by atoms with van der Waals surface area (Å²) in [7, 11) is 0. The lowest BCUT2D eigenvalue weighted by molar-refractivity contribution is -0.146. The lowest BCUT2D eigenvalue weighted by Gasteiger charge is -2.56. The summed E-state index contributed by atoms with van der Waals surface area (Å²) in [6.45, 7) is 4.82. The summed E-state index contributed by atoms with van der Waals surface area (Å²) < 4.78 is 56.6. The van der Waals surface area contributed by atoms with Crippen molar-refractivity contribution in [3.63, 3.8) is 0 Å². The topological polar surface area (TPSA) is 46.9 Å². The molecule has 4 aliphatic rings. The molecule has 4 saturated carbocycles. The van der Waals surface area contributed by atoms with Crippen molar-refractivity contribution < 1.29 is 22.4 Å². The van der Waals surface area contributed by atoms with Crippen molar-refractivity contribution in [1.82, 2.24) is 15.1 Å². The van der Waals surface area contributed by atoms with Gasteiger partial charge in [-0.2, -0.15) is 18.3 Å². The number of rotatable bonds is 2. The third-order valence-corrected chi connectivity index (χ3v) is 6.41. The Labute approximate surface area is 155 Å². The fourth-order valence-electron chi connectivity index (χ4n) is 5.69. The summed E-state index contributed by atoms with van der Waals surface area (Å²) in [5, 5.41) is 6.66. The zero-order chi connectivity index (χ0) is 19.8. The molecule has 0 aromatic carbocycles. The van der Waals surface area contributed by atoms with Gasteiger partial charge in [0, 0.05) is 6.04 Å². The molecule has 4 aliphatic carbocycles. The van der Waals surface area contributed by atoms with Gasteiger partial charge in [0.15, 0.2) is 5.69 Å². The number of nitrogens with one attached hydrogen (secondary N) is 1. The van der Waals surface area contributed by atoms with Crippen LogP contribution in [-0.4, -0.2) is 27.4 Å². The minimum Gasteiger partial charge on any atom is -0.349 e. The smallest absolute Gasteiger partial charge is 0.349 e. The monoisotopic (exact) mass is 387 g/mol. The van der Waals surface area contributed by atoms with E-state index in [4.69, 9.17) is 0 Å². The van der Waals surface area contributed by atoms with Crippen molar-refractivity contribution in [3.05, 3.63) is 17.5 Å². The Morgan fingerprint density at radius 2 is 1.78 bits per heavy atom. The number of hydrogen-bond donors (Lipinski definition) is 1. The van der Waals surface area contributed by atoms with E-state index in [1.54, 1.807) is 20.8 Å². The highest BCUT2D eigenvalue weighted by Gasteiger charge is 2.56. The van der Waals surface area contributed by atoms with Crippen LogP contribution in [0, 0.1) is 17.8 Å². The molecular weight excluding hydrogens is 362 g/mol. The normalized spacial score (nSPS) is 35.5. The van der Waals surface area contributed by atoms with Gasteiger partial charge in [0.05, 0.1) is 17.3 Å². The first-order valence-electron chi connectivity index (χ1n) is 9.53. The predicted octanol–water partition coefficient (Wildman–Crippen LogP) is 4.30. The molecule has 0 saturated heterocycles. The molecule has 1 heterocycles.